The van der Waals surface area contributed by atoms with Crippen molar-refractivity contribution in [3.8, 4) is 0 Å². The molecule has 0 aromatic heterocycles. The number of hydrogen-bond acceptors (Lipinski definition) is 5. The van der Waals surface area contributed by atoms with Gasteiger partial charge in [0.05, 0.1) is 6.61 Å². The van der Waals surface area contributed by atoms with Crippen LogP contribution in [-0.2, 0) is 19.1 Å². The van der Waals surface area contributed by atoms with Crippen LogP contribution in [0, 0.1) is 0 Å². The molecule has 0 aliphatic carbocycles. The molecule has 0 aromatic rings. The molecule has 0 heterocycles. The lowest BCUT2D eigenvalue weighted by atomic mass is 10.0. The molecule has 1 unspecified atom stereocenters. The summed E-state index contributed by atoms with van der Waals surface area (Å²) in [5.41, 5.74) is 0. The monoisotopic (exact) mass is 859 g/mol. The molecule has 61 heavy (non-hydrogen) atoms. The van der Waals surface area contributed by atoms with Crippen molar-refractivity contribution < 1.29 is 24.2 Å². The van der Waals surface area contributed by atoms with Crippen LogP contribution in [0.2, 0.25) is 0 Å². The summed E-state index contributed by atoms with van der Waals surface area (Å²) in [7, 11) is 0. The average Bonchev–Trinajstić information content (AvgIpc) is 3.26. The van der Waals surface area contributed by atoms with Crippen LogP contribution in [0.5, 0.6) is 0 Å². The third-order valence-electron chi connectivity index (χ3n) is 12.5. The summed E-state index contributed by atoms with van der Waals surface area (Å²) >= 11 is 0. The second-order valence-corrected chi connectivity index (χ2v) is 18.7. The van der Waals surface area contributed by atoms with Gasteiger partial charge in [-0.3, -0.25) is 9.59 Å². The lowest BCUT2D eigenvalue weighted by Gasteiger charge is -2.15. The molecule has 0 radical (unpaired) electrons. The molecule has 0 rings (SSSR count). The molecule has 0 spiro atoms. The summed E-state index contributed by atoms with van der Waals surface area (Å²) in [6.07, 6.45) is 65.8. The first-order valence-electron chi connectivity index (χ1n) is 27.4. The number of carbonyl (C=O) groups is 2. The van der Waals surface area contributed by atoms with Crippen molar-refractivity contribution in [3.63, 3.8) is 0 Å². The Bertz CT molecular complexity index is 928. The van der Waals surface area contributed by atoms with Gasteiger partial charge in [0.2, 0.25) is 0 Å². The van der Waals surface area contributed by atoms with E-state index in [1.54, 1.807) is 0 Å². The molecule has 0 saturated carbocycles. The van der Waals surface area contributed by atoms with E-state index < -0.39 is 6.10 Å². The summed E-state index contributed by atoms with van der Waals surface area (Å²) < 4.78 is 10.7. The fourth-order valence-corrected chi connectivity index (χ4v) is 8.35. The maximum atomic E-state index is 12.3. The summed E-state index contributed by atoms with van der Waals surface area (Å²) in [5.74, 6) is -0.571. The molecule has 0 amide bonds. The lowest BCUT2D eigenvalue weighted by molar-refractivity contribution is -0.161. The Morgan fingerprint density at radius 3 is 0.967 bits per heavy atom. The Kier molecular flexibility index (Phi) is 51.3. The van der Waals surface area contributed by atoms with Crippen LogP contribution in [-0.4, -0.2) is 36.4 Å². The van der Waals surface area contributed by atoms with Gasteiger partial charge in [-0.05, 0) is 44.9 Å². The van der Waals surface area contributed by atoms with E-state index >= 15 is 0 Å². The number of hydrogen-bond donors (Lipinski definition) is 1. The van der Waals surface area contributed by atoms with Gasteiger partial charge in [-0.15, -0.1) is 0 Å². The van der Waals surface area contributed by atoms with Gasteiger partial charge in [-0.25, -0.2) is 0 Å². The minimum Gasteiger partial charge on any atom is -0.462 e. The van der Waals surface area contributed by atoms with Gasteiger partial charge in [-0.1, -0.05) is 269 Å². The summed E-state index contributed by atoms with van der Waals surface area (Å²) in [6.45, 7) is 4.18. The van der Waals surface area contributed by atoms with Crippen LogP contribution in [0.25, 0.3) is 0 Å². The number of aliphatic hydroxyl groups excluding tert-OH is 1. The minimum absolute atomic E-state index is 0.0588. The van der Waals surface area contributed by atoms with Crippen LogP contribution in [0.3, 0.4) is 0 Å². The van der Waals surface area contributed by atoms with Crippen molar-refractivity contribution in [2.24, 2.45) is 0 Å². The van der Waals surface area contributed by atoms with E-state index in [-0.39, 0.29) is 25.2 Å². The fourth-order valence-electron chi connectivity index (χ4n) is 8.35. The van der Waals surface area contributed by atoms with Crippen molar-refractivity contribution in [3.05, 3.63) is 24.3 Å². The molecule has 0 bridgehead atoms. The van der Waals surface area contributed by atoms with Crippen molar-refractivity contribution >= 4 is 11.9 Å². The van der Waals surface area contributed by atoms with Crippen LogP contribution >= 0.6 is 0 Å². The molecular weight excluding hydrogens is 753 g/mol. The summed E-state index contributed by atoms with van der Waals surface area (Å²) in [5, 5.41) is 9.64. The average molecular weight is 859 g/mol. The summed E-state index contributed by atoms with van der Waals surface area (Å²) in [6, 6.07) is 0. The number of allylic oxidation sites excluding steroid dienone is 4. The van der Waals surface area contributed by atoms with Gasteiger partial charge < -0.3 is 14.6 Å². The minimum atomic E-state index is -0.767. The molecule has 1 atom stereocenters. The molecule has 0 aliphatic heterocycles. The second kappa shape index (κ2) is 52.7. The summed E-state index contributed by atoms with van der Waals surface area (Å²) in [4.78, 5) is 24.5. The van der Waals surface area contributed by atoms with E-state index in [1.807, 2.05) is 0 Å². The molecule has 0 fully saturated rings. The Balaban J connectivity index is 3.42. The van der Waals surface area contributed by atoms with Gasteiger partial charge in [0.1, 0.15) is 6.61 Å². The molecule has 0 aliphatic rings. The van der Waals surface area contributed by atoms with Crippen LogP contribution in [0.1, 0.15) is 303 Å². The first-order valence-corrected chi connectivity index (χ1v) is 27.4. The highest BCUT2D eigenvalue weighted by Gasteiger charge is 2.16. The third-order valence-corrected chi connectivity index (χ3v) is 12.5. The molecule has 0 aromatic carbocycles. The van der Waals surface area contributed by atoms with E-state index in [0.717, 1.165) is 38.5 Å². The normalized spacial score (nSPS) is 12.2. The zero-order valence-electron chi connectivity index (χ0n) is 41.2. The topological polar surface area (TPSA) is 72.8 Å². The molecule has 5 heteroatoms. The Hall–Kier alpha value is -1.62. The van der Waals surface area contributed by atoms with Gasteiger partial charge >= 0.3 is 11.9 Å². The van der Waals surface area contributed by atoms with Gasteiger partial charge in [0, 0.05) is 12.8 Å². The van der Waals surface area contributed by atoms with E-state index in [4.69, 9.17) is 9.47 Å². The van der Waals surface area contributed by atoms with Gasteiger partial charge in [0.15, 0.2) is 6.10 Å². The maximum absolute atomic E-state index is 12.3. The second-order valence-electron chi connectivity index (χ2n) is 18.7. The molecule has 5 nitrogen and oxygen atoms in total. The van der Waals surface area contributed by atoms with Crippen molar-refractivity contribution in [1.82, 2.24) is 0 Å². The first kappa shape index (κ1) is 59.4. The Morgan fingerprint density at radius 2 is 0.656 bits per heavy atom. The standard InChI is InChI=1S/C56H106O5/c1-3-5-7-9-11-13-15-17-19-21-23-24-25-26-27-28-29-30-31-32-33-35-37-39-41-43-45-47-49-51-56(59)61-54(52-57)53-60-55(58)50-48-46-44-42-40-38-36-34-22-20-18-16-14-12-10-8-6-4-2/h15,17,21,23,54,57H,3-14,16,18-20,22,24-53H2,1-2H3/b17-15-,23-21-. The fraction of sp³-hybridized carbons (Fsp3) is 0.893. The zero-order valence-corrected chi connectivity index (χ0v) is 41.2. The van der Waals surface area contributed by atoms with E-state index in [1.165, 1.54) is 238 Å². The first-order chi connectivity index (χ1) is 30.1. The quantitative estimate of drug-likeness (QED) is 0.0375. The van der Waals surface area contributed by atoms with E-state index in [0.29, 0.717) is 12.8 Å². The highest BCUT2D eigenvalue weighted by Crippen LogP contribution is 2.17. The van der Waals surface area contributed by atoms with Crippen molar-refractivity contribution in [2.45, 2.75) is 309 Å². The molecular formula is C56H106O5. The van der Waals surface area contributed by atoms with Crippen molar-refractivity contribution in [2.75, 3.05) is 13.2 Å². The number of esters is 2. The highest BCUT2D eigenvalue weighted by atomic mass is 16.6. The Morgan fingerprint density at radius 1 is 0.377 bits per heavy atom. The molecule has 1 N–H and O–H groups in total. The zero-order chi connectivity index (χ0) is 44.2. The van der Waals surface area contributed by atoms with E-state index in [2.05, 4.69) is 38.2 Å². The van der Waals surface area contributed by atoms with Gasteiger partial charge in [0.25, 0.3) is 0 Å². The van der Waals surface area contributed by atoms with Crippen LogP contribution in [0.4, 0.5) is 0 Å². The predicted molar refractivity (Wildman–Crippen MR) is 265 cm³/mol. The number of rotatable bonds is 51. The SMILES string of the molecule is CCCCCCC/C=C\C/C=C\CCCCCCCCCCCCCCCCCCCC(=O)OC(CO)COC(=O)CCCCCCCCCCCCCCCCCCCC. The number of ether oxygens (including phenoxy) is 2. The highest BCUT2D eigenvalue weighted by molar-refractivity contribution is 5.70. The van der Waals surface area contributed by atoms with Crippen LogP contribution < -0.4 is 0 Å². The Labute approximate surface area is 381 Å². The predicted octanol–water partition coefficient (Wildman–Crippen LogP) is 18.1. The molecule has 0 saturated heterocycles. The third kappa shape index (κ3) is 50.9. The lowest BCUT2D eigenvalue weighted by Crippen LogP contribution is -2.28. The molecule has 360 valence electrons. The van der Waals surface area contributed by atoms with Crippen LogP contribution in [0.15, 0.2) is 24.3 Å². The number of carbonyl (C=O) groups excluding carboxylic acids is 2. The number of unbranched alkanes of at least 4 members (excludes halogenated alkanes) is 39. The largest absolute Gasteiger partial charge is 0.462 e. The number of aliphatic hydroxyl groups is 1. The van der Waals surface area contributed by atoms with Gasteiger partial charge in [-0.2, -0.15) is 0 Å². The van der Waals surface area contributed by atoms with Crippen molar-refractivity contribution in [1.29, 1.82) is 0 Å². The van der Waals surface area contributed by atoms with E-state index in [9.17, 15) is 14.7 Å². The smallest absolute Gasteiger partial charge is 0.306 e. The maximum Gasteiger partial charge on any atom is 0.306 e.